The Hall–Kier alpha value is -2.39. The number of thiazole rings is 1. The van der Waals surface area contributed by atoms with Crippen LogP contribution < -0.4 is 24.4 Å². The molecule has 0 amide bonds. The fourth-order valence-electron chi connectivity index (χ4n) is 3.97. The minimum atomic E-state index is -0.785. The van der Waals surface area contributed by atoms with Crippen LogP contribution >= 0.6 is 56.5 Å². The number of benzene rings is 2. The molecule has 0 saturated carbocycles. The van der Waals surface area contributed by atoms with Gasteiger partial charge in [-0.15, -0.1) is 0 Å². The quantitative estimate of drug-likeness (QED) is 0.307. The molecule has 2 heterocycles. The molecule has 3 aromatic rings. The summed E-state index contributed by atoms with van der Waals surface area (Å²) < 4.78 is 19.7. The molecule has 0 bridgehead atoms. The number of aromatic nitrogens is 1. The van der Waals surface area contributed by atoms with Gasteiger partial charge in [-0.1, -0.05) is 17.4 Å². The Balaban J connectivity index is 2.00. The van der Waals surface area contributed by atoms with Crippen LogP contribution in [0.4, 0.5) is 0 Å². The molecule has 0 saturated heterocycles. The van der Waals surface area contributed by atoms with Crippen LogP contribution in [0.1, 0.15) is 31.0 Å². The third-order valence-electron chi connectivity index (χ3n) is 5.58. The van der Waals surface area contributed by atoms with Crippen molar-refractivity contribution < 1.29 is 24.1 Å². The normalized spacial score (nSPS) is 15.4. The molecule has 1 aromatic heterocycles. The second-order valence-electron chi connectivity index (χ2n) is 7.74. The van der Waals surface area contributed by atoms with Crippen molar-refractivity contribution in [1.29, 1.82) is 0 Å². The molecule has 0 spiro atoms. The first-order chi connectivity index (χ1) is 17.2. The average molecular weight is 732 g/mol. The lowest BCUT2D eigenvalue weighted by Crippen LogP contribution is -2.40. The van der Waals surface area contributed by atoms with E-state index in [0.29, 0.717) is 41.2 Å². The molecule has 0 unspecified atom stereocenters. The van der Waals surface area contributed by atoms with E-state index in [1.165, 1.54) is 30.1 Å². The van der Waals surface area contributed by atoms with Gasteiger partial charge in [-0.25, -0.2) is 9.79 Å². The Bertz CT molecular complexity index is 1570. The smallest absolute Gasteiger partial charge is 0.338 e. The van der Waals surface area contributed by atoms with Gasteiger partial charge < -0.3 is 19.3 Å². The highest BCUT2D eigenvalue weighted by atomic mass is 127. The summed E-state index contributed by atoms with van der Waals surface area (Å²) in [5, 5.41) is 10.6. The van der Waals surface area contributed by atoms with Gasteiger partial charge in [-0.05, 0) is 94.9 Å². The number of esters is 1. The lowest BCUT2D eigenvalue weighted by molar-refractivity contribution is -0.139. The molecule has 0 fully saturated rings. The van der Waals surface area contributed by atoms with E-state index in [0.717, 1.165) is 3.57 Å². The van der Waals surface area contributed by atoms with Crippen molar-refractivity contribution in [2.45, 2.75) is 19.9 Å². The number of phenols is 1. The third-order valence-corrected chi connectivity index (χ3v) is 8.01. The topological polar surface area (TPSA) is 99.4 Å². The van der Waals surface area contributed by atoms with E-state index in [1.54, 1.807) is 44.2 Å². The molecule has 0 radical (unpaired) electrons. The van der Waals surface area contributed by atoms with Gasteiger partial charge in [0.15, 0.2) is 16.3 Å². The first-order valence-corrected chi connectivity index (χ1v) is 13.8. The first kappa shape index (κ1) is 26.7. The number of hydrogen-bond donors (Lipinski definition) is 1. The number of halogens is 2. The molecule has 1 N–H and O–H groups in total. The van der Waals surface area contributed by atoms with Crippen molar-refractivity contribution in [2.75, 3.05) is 20.8 Å². The van der Waals surface area contributed by atoms with E-state index in [4.69, 9.17) is 14.2 Å². The number of nitrogens with zero attached hydrogens (tertiary/aromatic N) is 2. The van der Waals surface area contributed by atoms with Crippen LogP contribution in [0, 0.1) is 7.14 Å². The zero-order chi connectivity index (χ0) is 26.1. The number of methoxy groups -OCH3 is 2. The van der Waals surface area contributed by atoms with E-state index >= 15 is 0 Å². The van der Waals surface area contributed by atoms with Gasteiger partial charge in [0.2, 0.25) is 0 Å². The highest BCUT2D eigenvalue weighted by molar-refractivity contribution is 14.1. The van der Waals surface area contributed by atoms with Gasteiger partial charge in [-0.3, -0.25) is 9.36 Å². The molecule has 36 heavy (non-hydrogen) atoms. The van der Waals surface area contributed by atoms with Crippen molar-refractivity contribution >= 4 is 68.6 Å². The van der Waals surface area contributed by atoms with Gasteiger partial charge in [0, 0.05) is 9.13 Å². The molecule has 0 aliphatic carbocycles. The standard InChI is InChI=1S/C25H22I2N2O6S/c1-5-35-24(32)20-12(2)28-25-29(21(20)13-6-7-17(33-3)18(9-13)34-4)23(31)19(36-25)10-14-8-15(26)11-16(27)22(14)30/h6-11,21,30H,5H2,1-4H3/t21-/m0/s1. The second-order valence-corrected chi connectivity index (χ2v) is 11.2. The maximum absolute atomic E-state index is 13.8. The first-order valence-electron chi connectivity index (χ1n) is 10.8. The van der Waals surface area contributed by atoms with Crippen molar-refractivity contribution in [3.05, 3.63) is 79.6 Å². The largest absolute Gasteiger partial charge is 0.506 e. The van der Waals surface area contributed by atoms with Crippen molar-refractivity contribution in [1.82, 2.24) is 4.57 Å². The van der Waals surface area contributed by atoms with Crippen LogP contribution in [0.2, 0.25) is 0 Å². The number of hydrogen-bond acceptors (Lipinski definition) is 8. The lowest BCUT2D eigenvalue weighted by atomic mass is 9.95. The zero-order valence-corrected chi connectivity index (χ0v) is 24.9. The summed E-state index contributed by atoms with van der Waals surface area (Å²) in [6, 6.07) is 8.13. The Labute approximate surface area is 238 Å². The molecular formula is C25H22I2N2O6S. The molecule has 188 valence electrons. The fraction of sp³-hybridized carbons (Fsp3) is 0.240. The summed E-state index contributed by atoms with van der Waals surface area (Å²) in [5.41, 5.74) is 1.58. The molecule has 4 rings (SSSR count). The summed E-state index contributed by atoms with van der Waals surface area (Å²) in [4.78, 5) is 31.8. The molecule has 1 aliphatic rings. The van der Waals surface area contributed by atoms with Crippen LogP contribution in [-0.4, -0.2) is 36.5 Å². The molecular weight excluding hydrogens is 710 g/mol. The lowest BCUT2D eigenvalue weighted by Gasteiger charge is -2.25. The third kappa shape index (κ3) is 4.92. The minimum absolute atomic E-state index is 0.0988. The molecule has 1 atom stereocenters. The Morgan fingerprint density at radius 3 is 2.58 bits per heavy atom. The van der Waals surface area contributed by atoms with Gasteiger partial charge >= 0.3 is 5.97 Å². The Morgan fingerprint density at radius 1 is 1.19 bits per heavy atom. The molecule has 8 nitrogen and oxygen atoms in total. The molecule has 11 heteroatoms. The summed E-state index contributed by atoms with van der Waals surface area (Å²) in [6.07, 6.45) is 1.65. The number of ether oxygens (including phenoxy) is 3. The maximum Gasteiger partial charge on any atom is 0.338 e. The van der Waals surface area contributed by atoms with Crippen LogP contribution in [0.25, 0.3) is 6.08 Å². The SMILES string of the molecule is CCOC(=O)C1=C(C)N=c2sc(=Cc3cc(I)cc(I)c3O)c(=O)n2[C@H]1c1ccc(OC)c(OC)c1. The number of phenolic OH excluding ortho intramolecular Hbond substituents is 1. The predicted octanol–water partition coefficient (Wildman–Crippen LogP) is 3.73. The maximum atomic E-state index is 13.8. The number of aromatic hydroxyl groups is 1. The van der Waals surface area contributed by atoms with E-state index in [2.05, 4.69) is 50.2 Å². The van der Waals surface area contributed by atoms with E-state index in [1.807, 2.05) is 6.07 Å². The van der Waals surface area contributed by atoms with E-state index in [9.17, 15) is 14.7 Å². The summed E-state index contributed by atoms with van der Waals surface area (Å²) in [5.74, 6) is 0.545. The number of rotatable bonds is 6. The predicted molar refractivity (Wildman–Crippen MR) is 153 cm³/mol. The summed E-state index contributed by atoms with van der Waals surface area (Å²) >= 11 is 5.41. The second kappa shape index (κ2) is 10.9. The van der Waals surface area contributed by atoms with Crippen LogP contribution in [0.5, 0.6) is 17.2 Å². The Kier molecular flexibility index (Phi) is 8.09. The highest BCUT2D eigenvalue weighted by Gasteiger charge is 2.34. The number of fused-ring (bicyclic) bond motifs is 1. The van der Waals surface area contributed by atoms with E-state index < -0.39 is 12.0 Å². The van der Waals surface area contributed by atoms with Gasteiger partial charge in [0.1, 0.15) is 5.75 Å². The van der Waals surface area contributed by atoms with Crippen molar-refractivity contribution in [2.24, 2.45) is 4.99 Å². The average Bonchev–Trinajstić information content (AvgIpc) is 3.15. The minimum Gasteiger partial charge on any atom is -0.506 e. The van der Waals surface area contributed by atoms with Crippen LogP contribution in [-0.2, 0) is 9.53 Å². The summed E-state index contributed by atoms with van der Waals surface area (Å²) in [7, 11) is 3.06. The van der Waals surface area contributed by atoms with Crippen molar-refractivity contribution in [3.63, 3.8) is 0 Å². The van der Waals surface area contributed by atoms with Crippen molar-refractivity contribution in [3.8, 4) is 17.2 Å². The summed E-state index contributed by atoms with van der Waals surface area (Å²) in [6.45, 7) is 3.64. The number of carbonyl (C=O) groups excluding carboxylic acids is 1. The molecule has 2 aromatic carbocycles. The fourth-order valence-corrected chi connectivity index (χ4v) is 6.89. The van der Waals surface area contributed by atoms with Gasteiger partial charge in [0.25, 0.3) is 5.56 Å². The van der Waals surface area contributed by atoms with Gasteiger partial charge in [0.05, 0.1) is 46.2 Å². The van der Waals surface area contributed by atoms with Crippen LogP contribution in [0.3, 0.4) is 0 Å². The van der Waals surface area contributed by atoms with Crippen LogP contribution in [0.15, 0.2) is 51.4 Å². The highest BCUT2D eigenvalue weighted by Crippen LogP contribution is 2.36. The zero-order valence-electron chi connectivity index (χ0n) is 19.8. The molecule has 1 aliphatic heterocycles. The monoisotopic (exact) mass is 732 g/mol. The Morgan fingerprint density at radius 2 is 1.92 bits per heavy atom. The van der Waals surface area contributed by atoms with Gasteiger partial charge in [-0.2, -0.15) is 0 Å². The van der Waals surface area contributed by atoms with E-state index in [-0.39, 0.29) is 23.5 Å². The number of allylic oxidation sites excluding steroid dienone is 1. The number of carbonyl (C=O) groups is 1.